The van der Waals surface area contributed by atoms with Crippen LogP contribution in [0.15, 0.2) is 30.5 Å². The largest absolute Gasteiger partial charge is 0.471 e. The summed E-state index contributed by atoms with van der Waals surface area (Å²) < 4.78 is 34.3. The zero-order chi connectivity index (χ0) is 26.1. The minimum atomic E-state index is -1.36. The molecule has 196 valence electrons. The van der Waals surface area contributed by atoms with Crippen molar-refractivity contribution in [2.75, 3.05) is 6.54 Å². The molecule has 0 radical (unpaired) electrons. The molecule has 3 N–H and O–H groups in total. The molecule has 1 spiro atoms. The van der Waals surface area contributed by atoms with Gasteiger partial charge in [-0.25, -0.2) is 13.8 Å². The van der Waals surface area contributed by atoms with Crippen LogP contribution in [0.5, 0.6) is 5.88 Å². The van der Waals surface area contributed by atoms with Gasteiger partial charge in [-0.15, -0.1) is 0 Å². The molecule has 2 aromatic rings. The molecule has 1 aromatic carbocycles. The maximum atomic E-state index is 14.3. The van der Waals surface area contributed by atoms with Crippen LogP contribution < -0.4 is 15.4 Å². The highest BCUT2D eigenvalue weighted by atomic mass is 19.1. The van der Waals surface area contributed by atoms with E-state index in [2.05, 4.69) is 15.6 Å². The molecule has 1 amide bonds. The summed E-state index contributed by atoms with van der Waals surface area (Å²) in [7, 11) is 0. The van der Waals surface area contributed by atoms with Crippen molar-refractivity contribution in [1.82, 2.24) is 15.6 Å². The number of pyridine rings is 1. The molecule has 2 aliphatic rings. The first-order valence-electron chi connectivity index (χ1n) is 12.7. The Labute approximate surface area is 211 Å². The van der Waals surface area contributed by atoms with Crippen molar-refractivity contribution in [3.63, 3.8) is 0 Å². The molecular formula is C28H37F2N3O3. The fourth-order valence-electron chi connectivity index (χ4n) is 5.26. The number of nitrogens with zero attached hydrogens (tertiary/aromatic N) is 1. The van der Waals surface area contributed by atoms with E-state index >= 15 is 0 Å². The monoisotopic (exact) mass is 501 g/mol. The average Bonchev–Trinajstić information content (AvgIpc) is 2.76. The fourth-order valence-corrected chi connectivity index (χ4v) is 5.26. The summed E-state index contributed by atoms with van der Waals surface area (Å²) in [6.45, 7) is 6.42. The third-order valence-electron chi connectivity index (χ3n) is 7.19. The number of amides is 1. The number of carbonyl (C=O) groups excluding carboxylic acids is 1. The van der Waals surface area contributed by atoms with Gasteiger partial charge in [-0.05, 0) is 75.3 Å². The SMILES string of the molecule is CC(=O)N[C@@H](Cc1ccc(F)c(C)c1)[C@@H](O)CN[C@H]1CC2(CCC2)Oc2ncc(CC(C)(C)F)cc21. The van der Waals surface area contributed by atoms with Crippen LogP contribution in [0.3, 0.4) is 0 Å². The average molecular weight is 502 g/mol. The lowest BCUT2D eigenvalue weighted by atomic mass is 9.73. The number of hydrogen-bond acceptors (Lipinski definition) is 5. The first-order chi connectivity index (χ1) is 16.9. The van der Waals surface area contributed by atoms with E-state index in [0.717, 1.165) is 42.4 Å². The summed E-state index contributed by atoms with van der Waals surface area (Å²) in [6.07, 6.45) is 5.15. The predicted molar refractivity (Wildman–Crippen MR) is 134 cm³/mol. The van der Waals surface area contributed by atoms with Gasteiger partial charge in [0.2, 0.25) is 11.8 Å². The molecule has 3 atom stereocenters. The fraction of sp³-hybridized carbons (Fsp3) is 0.571. The first-order valence-corrected chi connectivity index (χ1v) is 12.7. The molecule has 6 nitrogen and oxygen atoms in total. The lowest BCUT2D eigenvalue weighted by Crippen LogP contribution is -2.52. The summed E-state index contributed by atoms with van der Waals surface area (Å²) in [5.74, 6) is 0.0308. The van der Waals surface area contributed by atoms with Crippen LogP contribution in [0.2, 0.25) is 0 Å². The maximum Gasteiger partial charge on any atom is 0.218 e. The molecule has 1 aliphatic carbocycles. The van der Waals surface area contributed by atoms with Gasteiger partial charge >= 0.3 is 0 Å². The smallest absolute Gasteiger partial charge is 0.218 e. The molecule has 36 heavy (non-hydrogen) atoms. The van der Waals surface area contributed by atoms with Gasteiger partial charge < -0.3 is 20.5 Å². The van der Waals surface area contributed by atoms with Crippen molar-refractivity contribution in [3.05, 3.63) is 58.5 Å². The number of aromatic nitrogens is 1. The number of halogens is 2. The van der Waals surface area contributed by atoms with E-state index in [4.69, 9.17) is 4.74 Å². The van der Waals surface area contributed by atoms with Gasteiger partial charge in [0.05, 0.1) is 12.1 Å². The zero-order valence-electron chi connectivity index (χ0n) is 21.5. The second kappa shape index (κ2) is 10.4. The molecular weight excluding hydrogens is 464 g/mol. The Balaban J connectivity index is 1.50. The summed E-state index contributed by atoms with van der Waals surface area (Å²) in [5.41, 5.74) is 1.40. The van der Waals surface area contributed by atoms with Crippen LogP contribution in [-0.4, -0.2) is 46.0 Å². The minimum Gasteiger partial charge on any atom is -0.471 e. The lowest BCUT2D eigenvalue weighted by molar-refractivity contribution is -0.120. The molecule has 4 rings (SSSR count). The van der Waals surface area contributed by atoms with Crippen molar-refractivity contribution >= 4 is 5.91 Å². The number of ether oxygens (including phenoxy) is 1. The Morgan fingerprint density at radius 3 is 2.67 bits per heavy atom. The number of rotatable bonds is 9. The molecule has 0 saturated heterocycles. The number of benzene rings is 1. The quantitative estimate of drug-likeness (QED) is 0.478. The predicted octanol–water partition coefficient (Wildman–Crippen LogP) is 4.26. The molecule has 8 heteroatoms. The summed E-state index contributed by atoms with van der Waals surface area (Å²) >= 11 is 0. The van der Waals surface area contributed by atoms with Gasteiger partial charge in [0.15, 0.2) is 0 Å². The van der Waals surface area contributed by atoms with Gasteiger partial charge in [-0.1, -0.05) is 12.1 Å². The second-order valence-corrected chi connectivity index (χ2v) is 11.1. The van der Waals surface area contributed by atoms with E-state index in [1.165, 1.54) is 13.0 Å². The Bertz CT molecular complexity index is 1100. The molecule has 1 saturated carbocycles. The Morgan fingerprint density at radius 2 is 2.06 bits per heavy atom. The van der Waals surface area contributed by atoms with Gasteiger partial charge in [-0.3, -0.25) is 4.79 Å². The van der Waals surface area contributed by atoms with Crippen molar-refractivity contribution in [2.24, 2.45) is 0 Å². The van der Waals surface area contributed by atoms with E-state index in [0.29, 0.717) is 17.9 Å². The van der Waals surface area contributed by atoms with E-state index < -0.39 is 17.8 Å². The summed E-state index contributed by atoms with van der Waals surface area (Å²) in [6, 6.07) is 6.09. The third-order valence-corrected chi connectivity index (χ3v) is 7.19. The number of aliphatic hydroxyl groups excluding tert-OH is 1. The Kier molecular flexibility index (Phi) is 7.67. The molecule has 1 aliphatic heterocycles. The van der Waals surface area contributed by atoms with Gasteiger partial charge in [-0.2, -0.15) is 0 Å². The normalized spacial score (nSPS) is 20.1. The van der Waals surface area contributed by atoms with Gasteiger partial charge in [0.25, 0.3) is 0 Å². The van der Waals surface area contributed by atoms with Crippen molar-refractivity contribution < 1.29 is 23.4 Å². The maximum absolute atomic E-state index is 14.3. The van der Waals surface area contributed by atoms with E-state index in [1.807, 2.05) is 6.07 Å². The van der Waals surface area contributed by atoms with Crippen molar-refractivity contribution in [2.45, 2.75) is 95.7 Å². The number of alkyl halides is 1. The van der Waals surface area contributed by atoms with Crippen LogP contribution in [0.25, 0.3) is 0 Å². The zero-order valence-corrected chi connectivity index (χ0v) is 21.5. The van der Waals surface area contributed by atoms with Crippen LogP contribution in [0.4, 0.5) is 8.78 Å². The standard InChI is InChI=1S/C28H37F2N3O3/c1-17-10-19(6-7-22(17)29)12-23(33-18(2)34)25(35)16-31-24-14-28(8-5-9-28)36-26-21(24)11-20(15-32-26)13-27(3,4)30/h6-7,10-11,15,23-25,31,35H,5,8-9,12-14,16H2,1-4H3,(H,33,34)/t23-,24-,25-/m0/s1. The van der Waals surface area contributed by atoms with Gasteiger partial charge in [0, 0.05) is 44.1 Å². The number of carbonyl (C=O) groups is 1. The molecule has 0 unspecified atom stereocenters. The lowest BCUT2D eigenvalue weighted by Gasteiger charge is -2.47. The van der Waals surface area contributed by atoms with E-state index in [9.17, 15) is 18.7 Å². The second-order valence-electron chi connectivity index (χ2n) is 11.1. The van der Waals surface area contributed by atoms with Crippen LogP contribution in [-0.2, 0) is 17.6 Å². The minimum absolute atomic E-state index is 0.120. The number of aryl methyl sites for hydroxylation is 1. The number of aliphatic hydroxyl groups is 1. The molecule has 0 bridgehead atoms. The van der Waals surface area contributed by atoms with Crippen LogP contribution in [0, 0.1) is 12.7 Å². The Morgan fingerprint density at radius 1 is 1.31 bits per heavy atom. The number of hydrogen-bond donors (Lipinski definition) is 3. The number of nitrogens with one attached hydrogen (secondary N) is 2. The first kappa shape index (κ1) is 26.5. The van der Waals surface area contributed by atoms with Gasteiger partial charge in [0.1, 0.15) is 17.1 Å². The molecule has 2 heterocycles. The summed E-state index contributed by atoms with van der Waals surface area (Å²) in [4.78, 5) is 16.4. The van der Waals surface area contributed by atoms with E-state index in [-0.39, 0.29) is 36.3 Å². The van der Waals surface area contributed by atoms with Crippen LogP contribution in [0.1, 0.15) is 74.8 Å². The number of fused-ring (bicyclic) bond motifs is 1. The molecule has 1 aromatic heterocycles. The third kappa shape index (κ3) is 6.40. The highest BCUT2D eigenvalue weighted by Gasteiger charge is 2.46. The van der Waals surface area contributed by atoms with Crippen molar-refractivity contribution in [1.29, 1.82) is 0 Å². The van der Waals surface area contributed by atoms with Crippen LogP contribution >= 0.6 is 0 Å². The molecule has 1 fully saturated rings. The topological polar surface area (TPSA) is 83.5 Å². The summed E-state index contributed by atoms with van der Waals surface area (Å²) in [5, 5.41) is 17.4. The Hall–Kier alpha value is -2.58. The highest BCUT2D eigenvalue weighted by Crippen LogP contribution is 2.48. The van der Waals surface area contributed by atoms with E-state index in [1.54, 1.807) is 39.1 Å². The highest BCUT2D eigenvalue weighted by molar-refractivity contribution is 5.73. The van der Waals surface area contributed by atoms with Crippen molar-refractivity contribution in [3.8, 4) is 5.88 Å².